The first-order valence-electron chi connectivity index (χ1n) is 11.1. The standard InChI is InChI=1S/C25H24FN5O3/c1-33-20-10-4-16(5-11-20)13-27-24(32)18-3-2-12-31(14-18)23-21-22(17-6-8-19(26)9-7-17)30-34-25(21)29-15-28-23/h4-11,15,18H,2-3,12-14H2,1H3,(H,27,32)/t18-/m1/s1. The summed E-state index contributed by atoms with van der Waals surface area (Å²) in [5.41, 5.74) is 2.63. The third-order valence-electron chi connectivity index (χ3n) is 6.09. The van der Waals surface area contributed by atoms with Gasteiger partial charge in [0.15, 0.2) is 0 Å². The second-order valence-electron chi connectivity index (χ2n) is 8.27. The van der Waals surface area contributed by atoms with E-state index in [0.29, 0.717) is 41.3 Å². The van der Waals surface area contributed by atoms with Crippen molar-refractivity contribution in [1.82, 2.24) is 20.4 Å². The smallest absolute Gasteiger partial charge is 0.263 e. The van der Waals surface area contributed by atoms with Crippen molar-refractivity contribution in [3.63, 3.8) is 0 Å². The predicted molar refractivity (Wildman–Crippen MR) is 125 cm³/mol. The van der Waals surface area contributed by atoms with Crippen molar-refractivity contribution in [3.8, 4) is 17.0 Å². The van der Waals surface area contributed by atoms with Gasteiger partial charge in [-0.15, -0.1) is 0 Å². The van der Waals surface area contributed by atoms with Gasteiger partial charge in [0.1, 0.15) is 34.8 Å². The van der Waals surface area contributed by atoms with Gasteiger partial charge in [-0.25, -0.2) is 9.37 Å². The first-order chi connectivity index (χ1) is 16.6. The molecule has 2 aromatic heterocycles. The summed E-state index contributed by atoms with van der Waals surface area (Å²) in [4.78, 5) is 23.7. The van der Waals surface area contributed by atoms with Gasteiger partial charge in [0, 0.05) is 25.2 Å². The Balaban J connectivity index is 1.34. The maximum Gasteiger partial charge on any atom is 0.263 e. The molecule has 0 saturated carbocycles. The van der Waals surface area contributed by atoms with Gasteiger partial charge in [0.25, 0.3) is 5.71 Å². The van der Waals surface area contributed by atoms with Gasteiger partial charge < -0.3 is 19.5 Å². The molecule has 4 aromatic rings. The zero-order valence-corrected chi connectivity index (χ0v) is 18.7. The van der Waals surface area contributed by atoms with Crippen LogP contribution in [0.15, 0.2) is 59.4 Å². The number of hydrogen-bond donors (Lipinski definition) is 1. The van der Waals surface area contributed by atoms with Crippen LogP contribution in [-0.2, 0) is 11.3 Å². The van der Waals surface area contributed by atoms with Crippen LogP contribution in [0.4, 0.5) is 10.2 Å². The highest BCUT2D eigenvalue weighted by Gasteiger charge is 2.29. The van der Waals surface area contributed by atoms with Crippen LogP contribution >= 0.6 is 0 Å². The SMILES string of the molecule is COc1ccc(CNC(=O)[C@@H]2CCCN(c3ncnc4onc(-c5ccc(F)cc5)c34)C2)cc1. The molecule has 1 aliphatic rings. The second kappa shape index (κ2) is 9.46. The average Bonchev–Trinajstić information content (AvgIpc) is 3.32. The fourth-order valence-corrected chi connectivity index (χ4v) is 4.28. The quantitative estimate of drug-likeness (QED) is 0.464. The molecule has 1 saturated heterocycles. The summed E-state index contributed by atoms with van der Waals surface area (Å²) in [5.74, 6) is 0.953. The molecule has 1 N–H and O–H groups in total. The summed E-state index contributed by atoms with van der Waals surface area (Å²) in [7, 11) is 1.62. The number of amides is 1. The van der Waals surface area contributed by atoms with Gasteiger partial charge in [0.2, 0.25) is 5.91 Å². The molecular weight excluding hydrogens is 437 g/mol. The molecule has 34 heavy (non-hydrogen) atoms. The number of benzene rings is 2. The fraction of sp³-hybridized carbons (Fsp3) is 0.280. The van der Waals surface area contributed by atoms with Gasteiger partial charge in [-0.2, -0.15) is 4.98 Å². The Kier molecular flexibility index (Phi) is 6.07. The minimum atomic E-state index is -0.326. The number of fused-ring (bicyclic) bond motifs is 1. The Labute approximate surface area is 195 Å². The summed E-state index contributed by atoms with van der Waals surface area (Å²) in [6.07, 6.45) is 3.08. The van der Waals surface area contributed by atoms with Crippen LogP contribution in [0.5, 0.6) is 5.75 Å². The van der Waals surface area contributed by atoms with Crippen LogP contribution in [0.1, 0.15) is 18.4 Å². The number of piperidine rings is 1. The van der Waals surface area contributed by atoms with Crippen LogP contribution in [-0.4, -0.2) is 41.2 Å². The van der Waals surface area contributed by atoms with Crippen molar-refractivity contribution >= 4 is 22.8 Å². The normalized spacial score (nSPS) is 15.9. The molecule has 2 aromatic carbocycles. The summed E-state index contributed by atoms with van der Waals surface area (Å²) in [5, 5.41) is 7.87. The summed E-state index contributed by atoms with van der Waals surface area (Å²) in [6, 6.07) is 13.7. The van der Waals surface area contributed by atoms with E-state index in [9.17, 15) is 9.18 Å². The van der Waals surface area contributed by atoms with Crippen molar-refractivity contribution < 1.29 is 18.4 Å². The Hall–Kier alpha value is -4.01. The van der Waals surface area contributed by atoms with E-state index >= 15 is 0 Å². The number of carbonyl (C=O) groups excluding carboxylic acids is 1. The molecule has 0 aliphatic carbocycles. The van der Waals surface area contributed by atoms with Gasteiger partial charge >= 0.3 is 0 Å². The van der Waals surface area contributed by atoms with Crippen molar-refractivity contribution in [3.05, 3.63) is 66.2 Å². The Morgan fingerprint density at radius 3 is 2.74 bits per heavy atom. The van der Waals surface area contributed by atoms with E-state index in [1.807, 2.05) is 24.3 Å². The first-order valence-corrected chi connectivity index (χ1v) is 11.1. The number of nitrogens with zero attached hydrogens (tertiary/aromatic N) is 4. The lowest BCUT2D eigenvalue weighted by molar-refractivity contribution is -0.125. The molecule has 1 atom stereocenters. The van der Waals surface area contributed by atoms with E-state index in [1.165, 1.54) is 18.5 Å². The molecule has 3 heterocycles. The molecule has 174 valence electrons. The number of carbonyl (C=O) groups is 1. The zero-order valence-electron chi connectivity index (χ0n) is 18.7. The minimum absolute atomic E-state index is 0.00916. The van der Waals surface area contributed by atoms with E-state index in [-0.39, 0.29) is 17.6 Å². The van der Waals surface area contributed by atoms with Crippen LogP contribution in [0.2, 0.25) is 0 Å². The third kappa shape index (κ3) is 4.41. The van der Waals surface area contributed by atoms with E-state index in [0.717, 1.165) is 30.7 Å². The van der Waals surface area contributed by atoms with Gasteiger partial charge in [-0.3, -0.25) is 4.79 Å². The maximum absolute atomic E-state index is 13.4. The number of hydrogen-bond acceptors (Lipinski definition) is 7. The average molecular weight is 461 g/mol. The number of methoxy groups -OCH3 is 1. The minimum Gasteiger partial charge on any atom is -0.497 e. The van der Waals surface area contributed by atoms with Crippen LogP contribution in [0.25, 0.3) is 22.4 Å². The van der Waals surface area contributed by atoms with Crippen molar-refractivity contribution in [2.75, 3.05) is 25.1 Å². The van der Waals surface area contributed by atoms with Gasteiger partial charge in [0.05, 0.1) is 13.0 Å². The Morgan fingerprint density at radius 2 is 1.97 bits per heavy atom. The van der Waals surface area contributed by atoms with Gasteiger partial charge in [-0.1, -0.05) is 17.3 Å². The van der Waals surface area contributed by atoms with Gasteiger partial charge in [-0.05, 0) is 54.8 Å². The lowest BCUT2D eigenvalue weighted by Crippen LogP contribution is -2.43. The van der Waals surface area contributed by atoms with Crippen molar-refractivity contribution in [2.24, 2.45) is 5.92 Å². The molecule has 0 spiro atoms. The fourth-order valence-electron chi connectivity index (χ4n) is 4.28. The number of aromatic nitrogens is 3. The molecule has 9 heteroatoms. The number of ether oxygens (including phenoxy) is 1. The van der Waals surface area contributed by atoms with Crippen LogP contribution in [0.3, 0.4) is 0 Å². The topological polar surface area (TPSA) is 93.4 Å². The van der Waals surface area contributed by atoms with Crippen LogP contribution < -0.4 is 15.0 Å². The molecule has 0 radical (unpaired) electrons. The van der Waals surface area contributed by atoms with E-state index in [4.69, 9.17) is 9.26 Å². The number of anilines is 1. The van der Waals surface area contributed by atoms with Crippen molar-refractivity contribution in [2.45, 2.75) is 19.4 Å². The molecule has 0 unspecified atom stereocenters. The largest absolute Gasteiger partial charge is 0.497 e. The zero-order chi connectivity index (χ0) is 23.5. The highest BCUT2D eigenvalue weighted by Crippen LogP contribution is 2.34. The molecule has 0 bridgehead atoms. The first kappa shape index (κ1) is 21.8. The second-order valence-corrected chi connectivity index (χ2v) is 8.27. The van der Waals surface area contributed by atoms with E-state index < -0.39 is 0 Å². The lowest BCUT2D eigenvalue weighted by atomic mass is 9.96. The van der Waals surface area contributed by atoms with Crippen LogP contribution in [0, 0.1) is 11.7 Å². The number of nitrogens with one attached hydrogen (secondary N) is 1. The van der Waals surface area contributed by atoms with Crippen molar-refractivity contribution in [1.29, 1.82) is 0 Å². The summed E-state index contributed by atoms with van der Waals surface area (Å²) >= 11 is 0. The highest BCUT2D eigenvalue weighted by molar-refractivity contribution is 5.98. The highest BCUT2D eigenvalue weighted by atomic mass is 19.1. The molecule has 1 aliphatic heterocycles. The summed E-state index contributed by atoms with van der Waals surface area (Å²) in [6.45, 7) is 1.73. The maximum atomic E-state index is 13.4. The number of halogens is 1. The molecule has 5 rings (SSSR count). The molecule has 1 fully saturated rings. The Morgan fingerprint density at radius 1 is 1.18 bits per heavy atom. The molecule has 8 nitrogen and oxygen atoms in total. The summed E-state index contributed by atoms with van der Waals surface area (Å²) < 4.78 is 24.0. The monoisotopic (exact) mass is 461 g/mol. The molecule has 1 amide bonds. The van der Waals surface area contributed by atoms with E-state index in [1.54, 1.807) is 19.2 Å². The third-order valence-corrected chi connectivity index (χ3v) is 6.09. The van der Waals surface area contributed by atoms with E-state index in [2.05, 4.69) is 25.3 Å². The predicted octanol–water partition coefficient (Wildman–Crippen LogP) is 3.97. The Bertz CT molecular complexity index is 1290. The number of rotatable bonds is 6. The molecular formula is C25H24FN5O3. The lowest BCUT2D eigenvalue weighted by Gasteiger charge is -2.33.